The lowest BCUT2D eigenvalue weighted by atomic mass is 10.1. The van der Waals surface area contributed by atoms with E-state index >= 15 is 0 Å². The van der Waals surface area contributed by atoms with Gasteiger partial charge in [-0.15, -0.1) is 5.10 Å². The summed E-state index contributed by atoms with van der Waals surface area (Å²) in [5.74, 6) is 0. The minimum absolute atomic E-state index is 0.428. The number of nitrogens with zero attached hydrogens (tertiary/aromatic N) is 6. The summed E-state index contributed by atoms with van der Waals surface area (Å²) in [5.41, 5.74) is 0. The number of piperidine rings is 1. The summed E-state index contributed by atoms with van der Waals surface area (Å²) in [4.78, 5) is 7.47. The van der Waals surface area contributed by atoms with E-state index < -0.39 is 0 Å². The number of piperazine rings is 1. The predicted octanol–water partition coefficient (Wildman–Crippen LogP) is 3.38. The van der Waals surface area contributed by atoms with E-state index in [1.807, 2.05) is 6.20 Å². The number of likely N-dealkylation sites (tertiary alicyclic amines) is 1. The third-order valence-corrected chi connectivity index (χ3v) is 5.36. The van der Waals surface area contributed by atoms with Crippen molar-refractivity contribution in [1.29, 1.82) is 0 Å². The van der Waals surface area contributed by atoms with Crippen LogP contribution in [-0.2, 0) is 0 Å². The smallest absolute Gasteiger partial charge is 0.0693 e. The Morgan fingerprint density at radius 1 is 0.667 bits per heavy atom. The Bertz CT molecular complexity index is 443. The van der Waals surface area contributed by atoms with Crippen LogP contribution < -0.4 is 0 Å². The lowest BCUT2D eigenvalue weighted by molar-refractivity contribution is 0.126. The van der Waals surface area contributed by atoms with Crippen molar-refractivity contribution in [3.8, 4) is 0 Å². The Morgan fingerprint density at radius 3 is 1.52 bits per heavy atom. The van der Waals surface area contributed by atoms with Gasteiger partial charge < -0.3 is 9.80 Å². The molecule has 0 aromatic carbocycles. The molecule has 158 valence electrons. The van der Waals surface area contributed by atoms with Crippen LogP contribution in [0.5, 0.6) is 0 Å². The molecule has 2 aliphatic heterocycles. The van der Waals surface area contributed by atoms with Crippen molar-refractivity contribution in [2.24, 2.45) is 0 Å². The lowest BCUT2D eigenvalue weighted by Gasteiger charge is -2.34. The summed E-state index contributed by atoms with van der Waals surface area (Å²) < 4.78 is 1.81. The molecular formula is C21H44N6. The summed E-state index contributed by atoms with van der Waals surface area (Å²) in [7, 11) is 2.19. The van der Waals surface area contributed by atoms with Gasteiger partial charge in [0.15, 0.2) is 0 Å². The van der Waals surface area contributed by atoms with E-state index in [0.29, 0.717) is 6.04 Å². The van der Waals surface area contributed by atoms with Crippen molar-refractivity contribution in [2.45, 2.75) is 78.9 Å². The number of aromatic nitrogens is 3. The maximum Gasteiger partial charge on any atom is 0.0693 e. The number of hydrogen-bond acceptors (Lipinski definition) is 5. The Balaban J connectivity index is 0.000000204. The summed E-state index contributed by atoms with van der Waals surface area (Å²) >= 11 is 0. The molecule has 0 spiro atoms. The molecule has 1 aromatic rings. The van der Waals surface area contributed by atoms with E-state index in [4.69, 9.17) is 0 Å². The fourth-order valence-corrected chi connectivity index (χ4v) is 3.27. The third-order valence-electron chi connectivity index (χ3n) is 5.36. The van der Waals surface area contributed by atoms with Gasteiger partial charge in [-0.05, 0) is 74.5 Å². The van der Waals surface area contributed by atoms with Crippen LogP contribution >= 0.6 is 0 Å². The Hall–Kier alpha value is -0.980. The Labute approximate surface area is 167 Å². The van der Waals surface area contributed by atoms with Crippen molar-refractivity contribution in [3.05, 3.63) is 12.4 Å². The zero-order chi connectivity index (χ0) is 20.2. The fourth-order valence-electron chi connectivity index (χ4n) is 3.27. The summed E-state index contributed by atoms with van der Waals surface area (Å²) in [5, 5.41) is 7.44. The van der Waals surface area contributed by atoms with Crippen LogP contribution in [0.2, 0.25) is 0 Å². The first-order valence-electron chi connectivity index (χ1n) is 10.8. The van der Waals surface area contributed by atoms with Gasteiger partial charge in [-0.1, -0.05) is 11.6 Å². The van der Waals surface area contributed by atoms with E-state index in [-0.39, 0.29) is 0 Å². The van der Waals surface area contributed by atoms with E-state index in [0.717, 1.165) is 12.1 Å². The van der Waals surface area contributed by atoms with Gasteiger partial charge in [-0.25, -0.2) is 0 Å². The molecule has 0 bridgehead atoms. The highest BCUT2D eigenvalue weighted by Crippen LogP contribution is 2.10. The molecule has 0 amide bonds. The predicted molar refractivity (Wildman–Crippen MR) is 115 cm³/mol. The molecule has 3 rings (SSSR count). The first kappa shape index (κ1) is 24.1. The molecule has 0 unspecified atom stereocenters. The van der Waals surface area contributed by atoms with Gasteiger partial charge in [0.1, 0.15) is 0 Å². The molecule has 0 aliphatic carbocycles. The highest BCUT2D eigenvalue weighted by atomic mass is 15.4. The molecule has 3 heterocycles. The molecule has 27 heavy (non-hydrogen) atoms. The molecule has 0 saturated carbocycles. The molecule has 6 heteroatoms. The van der Waals surface area contributed by atoms with Crippen molar-refractivity contribution in [2.75, 3.05) is 46.3 Å². The first-order valence-corrected chi connectivity index (χ1v) is 10.8. The number of hydrogen-bond donors (Lipinski definition) is 0. The normalized spacial score (nSPS) is 19.6. The number of rotatable bonds is 3. The molecule has 2 aliphatic rings. The van der Waals surface area contributed by atoms with Crippen LogP contribution in [0.15, 0.2) is 12.4 Å². The average Bonchev–Trinajstić information content (AvgIpc) is 3.19. The molecule has 1 aromatic heterocycles. The highest BCUT2D eigenvalue weighted by Gasteiger charge is 2.15. The monoisotopic (exact) mass is 380 g/mol. The molecule has 0 atom stereocenters. The highest BCUT2D eigenvalue weighted by molar-refractivity contribution is 4.71. The topological polar surface area (TPSA) is 40.4 Å². The van der Waals surface area contributed by atoms with Crippen LogP contribution in [0.4, 0.5) is 0 Å². The van der Waals surface area contributed by atoms with Gasteiger partial charge in [0.2, 0.25) is 0 Å². The standard InChI is InChI=1S/C8H18N2.C8H17N.C5H9N3/c1-8(2)10-6-4-9(3)5-7-10;1-8(2)9-6-4-3-5-7-9;1-5(2)8-4-3-6-7-8/h8H,4-7H2,1-3H3;8H,3-7H2,1-2H3;3-5H,1-2H3. The van der Waals surface area contributed by atoms with Gasteiger partial charge >= 0.3 is 0 Å². The van der Waals surface area contributed by atoms with Crippen molar-refractivity contribution < 1.29 is 0 Å². The van der Waals surface area contributed by atoms with E-state index in [1.54, 1.807) is 10.9 Å². The number of likely N-dealkylation sites (N-methyl/N-ethyl adjacent to an activating group) is 1. The van der Waals surface area contributed by atoms with Crippen LogP contribution in [0.25, 0.3) is 0 Å². The van der Waals surface area contributed by atoms with Crippen molar-refractivity contribution in [3.63, 3.8) is 0 Å². The Morgan fingerprint density at radius 2 is 1.19 bits per heavy atom. The summed E-state index contributed by atoms with van der Waals surface area (Å²) in [6.45, 7) is 20.9. The second kappa shape index (κ2) is 13.2. The fraction of sp³-hybridized carbons (Fsp3) is 0.905. The zero-order valence-electron chi connectivity index (χ0n) is 18.9. The third kappa shape index (κ3) is 10.2. The van der Waals surface area contributed by atoms with Crippen molar-refractivity contribution >= 4 is 0 Å². The van der Waals surface area contributed by atoms with Gasteiger partial charge in [0.25, 0.3) is 0 Å². The zero-order valence-corrected chi connectivity index (χ0v) is 18.9. The molecule has 0 radical (unpaired) electrons. The Kier molecular flexibility index (Phi) is 11.8. The van der Waals surface area contributed by atoms with Crippen LogP contribution in [0.3, 0.4) is 0 Å². The second-order valence-corrected chi connectivity index (χ2v) is 8.60. The SMILES string of the molecule is CC(C)N1CCCCC1.CC(C)N1CCN(C)CC1.CC(C)n1ccnn1. The maximum atomic E-state index is 3.78. The quantitative estimate of drug-likeness (QED) is 0.804. The van der Waals surface area contributed by atoms with Gasteiger partial charge in [-0.2, -0.15) is 0 Å². The molecule has 2 saturated heterocycles. The molecule has 0 N–H and O–H groups in total. The largest absolute Gasteiger partial charge is 0.304 e. The average molecular weight is 381 g/mol. The van der Waals surface area contributed by atoms with Gasteiger partial charge in [0, 0.05) is 50.5 Å². The second-order valence-electron chi connectivity index (χ2n) is 8.60. The first-order chi connectivity index (χ1) is 12.8. The minimum Gasteiger partial charge on any atom is -0.304 e. The van der Waals surface area contributed by atoms with Gasteiger partial charge in [-0.3, -0.25) is 9.58 Å². The van der Waals surface area contributed by atoms with Gasteiger partial charge in [0.05, 0.1) is 6.20 Å². The molecule has 2 fully saturated rings. The van der Waals surface area contributed by atoms with Crippen LogP contribution in [0, 0.1) is 0 Å². The van der Waals surface area contributed by atoms with E-state index in [2.05, 4.69) is 73.6 Å². The van der Waals surface area contributed by atoms with Crippen molar-refractivity contribution in [1.82, 2.24) is 29.7 Å². The van der Waals surface area contributed by atoms with Crippen LogP contribution in [0.1, 0.15) is 66.8 Å². The molecular weight excluding hydrogens is 336 g/mol. The minimum atomic E-state index is 0.428. The van der Waals surface area contributed by atoms with E-state index in [9.17, 15) is 0 Å². The molecule has 6 nitrogen and oxygen atoms in total. The van der Waals surface area contributed by atoms with Crippen LogP contribution in [-0.4, -0.2) is 88.1 Å². The lowest BCUT2D eigenvalue weighted by Crippen LogP contribution is -2.47. The summed E-state index contributed by atoms with van der Waals surface area (Å²) in [6, 6.07) is 1.93. The van der Waals surface area contributed by atoms with E-state index in [1.165, 1.54) is 58.5 Å². The maximum absolute atomic E-state index is 3.78. The summed E-state index contributed by atoms with van der Waals surface area (Å²) in [6.07, 6.45) is 7.81.